The first-order valence-electron chi connectivity index (χ1n) is 3.80. The number of aliphatic carboxylic acids is 1. The number of carboxylic acids is 1. The average Bonchev–Trinajstić information content (AvgIpc) is 2.03. The second kappa shape index (κ2) is 8.93. The van der Waals surface area contributed by atoms with E-state index in [4.69, 9.17) is 10.2 Å². The van der Waals surface area contributed by atoms with Crippen LogP contribution in [0.2, 0.25) is 0 Å². The largest absolute Gasteiger partial charge is 1.00 e. The Bertz CT molecular complexity index is 138. The minimum absolute atomic E-state index is 0. The van der Waals surface area contributed by atoms with Crippen LogP contribution in [0.15, 0.2) is 0 Å². The number of hydrogen-bond acceptors (Lipinski definition) is 5. The molecule has 6 heteroatoms. The van der Waals surface area contributed by atoms with Crippen LogP contribution in [-0.4, -0.2) is 53.4 Å². The molecular formula is C7H14NNaO4. The van der Waals surface area contributed by atoms with Crippen LogP contribution in [0.5, 0.6) is 0 Å². The summed E-state index contributed by atoms with van der Waals surface area (Å²) < 4.78 is 0. The number of hydrogen-bond donors (Lipinski definition) is 2. The van der Waals surface area contributed by atoms with E-state index in [0.717, 1.165) is 0 Å². The summed E-state index contributed by atoms with van der Waals surface area (Å²) >= 11 is 0. The summed E-state index contributed by atoms with van der Waals surface area (Å²) in [6.45, 7) is 1.67. The van der Waals surface area contributed by atoms with E-state index in [2.05, 4.69) is 0 Å². The third kappa shape index (κ3) is 6.42. The fourth-order valence-corrected chi connectivity index (χ4v) is 0.905. The summed E-state index contributed by atoms with van der Waals surface area (Å²) in [5, 5.41) is 27.5. The van der Waals surface area contributed by atoms with Gasteiger partial charge < -0.3 is 20.1 Å². The van der Waals surface area contributed by atoms with Crippen LogP contribution < -0.4 is 34.7 Å². The Morgan fingerprint density at radius 1 is 1.38 bits per heavy atom. The zero-order chi connectivity index (χ0) is 9.56. The van der Waals surface area contributed by atoms with Crippen molar-refractivity contribution < 1.29 is 49.7 Å². The summed E-state index contributed by atoms with van der Waals surface area (Å²) in [6, 6.07) is -0.774. The Kier molecular flexibility index (Phi) is 10.9. The van der Waals surface area contributed by atoms with Crippen molar-refractivity contribution in [3.63, 3.8) is 0 Å². The average molecular weight is 199 g/mol. The monoisotopic (exact) mass is 199 g/mol. The summed E-state index contributed by atoms with van der Waals surface area (Å²) in [6.07, 6.45) is 0. The second-order valence-corrected chi connectivity index (χ2v) is 2.48. The van der Waals surface area contributed by atoms with E-state index in [1.54, 1.807) is 0 Å². The number of aliphatic hydroxyl groups is 2. The topological polar surface area (TPSA) is 83.8 Å². The third-order valence-corrected chi connectivity index (χ3v) is 1.66. The van der Waals surface area contributed by atoms with Gasteiger partial charge in [0.25, 0.3) is 0 Å². The molecule has 0 radical (unpaired) electrons. The van der Waals surface area contributed by atoms with Crippen LogP contribution >= 0.6 is 0 Å². The van der Waals surface area contributed by atoms with Crippen LogP contribution in [0.4, 0.5) is 0 Å². The molecule has 0 aromatic carbocycles. The molecule has 72 valence electrons. The fourth-order valence-electron chi connectivity index (χ4n) is 0.905. The molecule has 0 aliphatic rings. The predicted molar refractivity (Wildman–Crippen MR) is 40.2 cm³/mol. The fraction of sp³-hybridized carbons (Fsp3) is 0.857. The van der Waals surface area contributed by atoms with Gasteiger partial charge in [-0.15, -0.1) is 0 Å². The standard InChI is InChI=1S/C7H15NO4.Na/c1-6(7(11)12)8(2-4-9)3-5-10;/h6,9-10H,2-5H2,1H3,(H,11,12);/q;+1/p-1. The maximum atomic E-state index is 10.4. The maximum Gasteiger partial charge on any atom is 1.00 e. The zero-order valence-electron chi connectivity index (χ0n) is 8.06. The van der Waals surface area contributed by atoms with Crippen molar-refractivity contribution >= 4 is 5.97 Å². The van der Waals surface area contributed by atoms with Gasteiger partial charge in [0.2, 0.25) is 0 Å². The van der Waals surface area contributed by atoms with Crippen molar-refractivity contribution in [2.24, 2.45) is 0 Å². The molecule has 1 atom stereocenters. The predicted octanol–water partition coefficient (Wildman–Crippen LogP) is -5.58. The summed E-state index contributed by atoms with van der Waals surface area (Å²) in [7, 11) is 0. The number of carbonyl (C=O) groups excluding carboxylic acids is 1. The molecule has 2 N–H and O–H groups in total. The first-order chi connectivity index (χ1) is 5.63. The number of carboxylic acid groups (broad SMARTS) is 1. The molecule has 0 saturated heterocycles. The van der Waals surface area contributed by atoms with Crippen LogP contribution in [0.3, 0.4) is 0 Å². The molecular weight excluding hydrogens is 185 g/mol. The number of carbonyl (C=O) groups is 1. The van der Waals surface area contributed by atoms with Crippen molar-refractivity contribution in [3.05, 3.63) is 0 Å². The molecule has 0 rings (SSSR count). The Labute approximate surface area is 99.6 Å². The summed E-state index contributed by atoms with van der Waals surface area (Å²) in [5.41, 5.74) is 0. The van der Waals surface area contributed by atoms with Gasteiger partial charge in [-0.3, -0.25) is 4.90 Å². The van der Waals surface area contributed by atoms with E-state index in [1.807, 2.05) is 0 Å². The molecule has 0 amide bonds. The van der Waals surface area contributed by atoms with E-state index in [1.165, 1.54) is 11.8 Å². The van der Waals surface area contributed by atoms with E-state index >= 15 is 0 Å². The van der Waals surface area contributed by atoms with Crippen molar-refractivity contribution in [3.8, 4) is 0 Å². The van der Waals surface area contributed by atoms with Crippen molar-refractivity contribution in [2.75, 3.05) is 26.3 Å². The maximum absolute atomic E-state index is 10.4. The molecule has 0 aliphatic carbocycles. The Balaban J connectivity index is 0. The van der Waals surface area contributed by atoms with Gasteiger partial charge in [-0.2, -0.15) is 0 Å². The molecule has 0 fully saturated rings. The van der Waals surface area contributed by atoms with E-state index in [9.17, 15) is 9.90 Å². The van der Waals surface area contributed by atoms with Gasteiger partial charge in [-0.05, 0) is 6.92 Å². The summed E-state index contributed by atoms with van der Waals surface area (Å²) in [5.74, 6) is -1.20. The molecule has 0 bridgehead atoms. The molecule has 0 aromatic heterocycles. The number of nitrogens with zero attached hydrogens (tertiary/aromatic N) is 1. The van der Waals surface area contributed by atoms with E-state index in [-0.39, 0.29) is 55.9 Å². The first kappa shape index (κ1) is 15.8. The Morgan fingerprint density at radius 2 is 1.77 bits per heavy atom. The van der Waals surface area contributed by atoms with Crippen molar-refractivity contribution in [1.82, 2.24) is 4.90 Å². The van der Waals surface area contributed by atoms with Gasteiger partial charge in [0.1, 0.15) is 0 Å². The van der Waals surface area contributed by atoms with Crippen molar-refractivity contribution in [2.45, 2.75) is 13.0 Å². The quantitative estimate of drug-likeness (QED) is 0.417. The van der Waals surface area contributed by atoms with Crippen LogP contribution in [0.1, 0.15) is 6.92 Å². The van der Waals surface area contributed by atoms with Gasteiger partial charge in [-0.25, -0.2) is 0 Å². The Hall–Kier alpha value is 0.350. The Morgan fingerprint density at radius 3 is 2.00 bits per heavy atom. The smallest absolute Gasteiger partial charge is 0.548 e. The molecule has 5 nitrogen and oxygen atoms in total. The second-order valence-electron chi connectivity index (χ2n) is 2.48. The zero-order valence-corrected chi connectivity index (χ0v) is 10.1. The minimum Gasteiger partial charge on any atom is -0.548 e. The van der Waals surface area contributed by atoms with Crippen molar-refractivity contribution in [1.29, 1.82) is 0 Å². The molecule has 1 unspecified atom stereocenters. The minimum atomic E-state index is -1.20. The summed E-state index contributed by atoms with van der Waals surface area (Å²) in [4.78, 5) is 11.8. The molecule has 0 heterocycles. The van der Waals surface area contributed by atoms with E-state index < -0.39 is 12.0 Å². The van der Waals surface area contributed by atoms with Gasteiger partial charge >= 0.3 is 29.6 Å². The molecule has 0 aromatic rings. The van der Waals surface area contributed by atoms with Crippen LogP contribution in [0, 0.1) is 0 Å². The third-order valence-electron chi connectivity index (χ3n) is 1.66. The number of aliphatic hydroxyl groups excluding tert-OH is 2. The van der Waals surface area contributed by atoms with Gasteiger partial charge in [-0.1, -0.05) is 0 Å². The van der Waals surface area contributed by atoms with Crippen LogP contribution in [0.25, 0.3) is 0 Å². The first-order valence-corrected chi connectivity index (χ1v) is 3.80. The molecule has 13 heavy (non-hydrogen) atoms. The molecule has 0 aliphatic heterocycles. The van der Waals surface area contributed by atoms with Gasteiger partial charge in [0, 0.05) is 19.1 Å². The van der Waals surface area contributed by atoms with Gasteiger partial charge in [0.15, 0.2) is 0 Å². The van der Waals surface area contributed by atoms with E-state index in [0.29, 0.717) is 0 Å². The molecule has 0 spiro atoms. The molecule has 0 saturated carbocycles. The van der Waals surface area contributed by atoms with Gasteiger partial charge in [0.05, 0.1) is 19.2 Å². The van der Waals surface area contributed by atoms with Crippen LogP contribution in [-0.2, 0) is 4.79 Å². The number of rotatable bonds is 6. The normalized spacial score (nSPS) is 12.3. The SMILES string of the molecule is CC(C(=O)[O-])N(CCO)CCO.[Na+].